The fraction of sp³-hybridized carbons (Fsp3) is 0.500. The second-order valence-electron chi connectivity index (χ2n) is 3.93. The summed E-state index contributed by atoms with van der Waals surface area (Å²) in [7, 11) is 0. The second-order valence-corrected chi connectivity index (χ2v) is 5.29. The molecule has 1 saturated heterocycles. The van der Waals surface area contributed by atoms with E-state index in [1.807, 2.05) is 4.68 Å². The molecule has 3 rings (SSSR count). The lowest BCUT2D eigenvalue weighted by Gasteiger charge is -2.22. The maximum Gasteiger partial charge on any atom is 0.224 e. The molecule has 3 heterocycles. The minimum absolute atomic E-state index is 0.0271. The zero-order chi connectivity index (χ0) is 11.8. The smallest absolute Gasteiger partial charge is 0.224 e. The number of rotatable bonds is 1. The predicted octanol–water partition coefficient (Wildman–Crippen LogP) is 2.78. The van der Waals surface area contributed by atoms with E-state index in [1.54, 1.807) is 6.20 Å². The Hall–Kier alpha value is -0.470. The normalized spacial score (nSPS) is 20.9. The van der Waals surface area contributed by atoms with E-state index >= 15 is 0 Å². The van der Waals surface area contributed by atoms with Crippen LogP contribution in [0.5, 0.6) is 0 Å². The number of ether oxygens (including phenoxy) is 1. The highest BCUT2D eigenvalue weighted by Gasteiger charge is 2.21. The third kappa shape index (κ3) is 2.13. The Morgan fingerprint density at radius 2 is 2.35 bits per heavy atom. The Bertz CT molecular complexity index is 552. The second kappa shape index (κ2) is 4.66. The molecule has 0 saturated carbocycles. The Kier molecular flexibility index (Phi) is 3.18. The maximum absolute atomic E-state index is 5.83. The van der Waals surface area contributed by atoms with Crippen molar-refractivity contribution in [2.75, 3.05) is 6.61 Å². The summed E-state index contributed by atoms with van der Waals surface area (Å²) >= 11 is 8.01. The SMILES string of the molecule is Clc1ncc2c(I)nn(C3CCCCO3)c2n1. The molecule has 90 valence electrons. The molecular weight excluding hydrogens is 354 g/mol. The summed E-state index contributed by atoms with van der Waals surface area (Å²) in [6, 6.07) is 0. The van der Waals surface area contributed by atoms with Crippen LogP contribution in [0.15, 0.2) is 6.20 Å². The molecule has 1 aliphatic heterocycles. The lowest BCUT2D eigenvalue weighted by molar-refractivity contribution is -0.0372. The van der Waals surface area contributed by atoms with Gasteiger partial charge in [-0.3, -0.25) is 0 Å². The van der Waals surface area contributed by atoms with Crippen molar-refractivity contribution in [3.63, 3.8) is 0 Å². The lowest BCUT2D eigenvalue weighted by atomic mass is 10.2. The highest BCUT2D eigenvalue weighted by Crippen LogP contribution is 2.27. The van der Waals surface area contributed by atoms with Gasteiger partial charge in [0.15, 0.2) is 11.9 Å². The monoisotopic (exact) mass is 364 g/mol. The molecule has 0 bridgehead atoms. The molecule has 2 aromatic heterocycles. The molecule has 0 N–H and O–H groups in total. The largest absolute Gasteiger partial charge is 0.356 e. The van der Waals surface area contributed by atoms with E-state index in [1.165, 1.54) is 0 Å². The number of hydrogen-bond acceptors (Lipinski definition) is 4. The highest BCUT2D eigenvalue weighted by molar-refractivity contribution is 14.1. The van der Waals surface area contributed by atoms with E-state index in [2.05, 4.69) is 37.7 Å². The van der Waals surface area contributed by atoms with Gasteiger partial charge in [0.1, 0.15) is 3.70 Å². The third-order valence-corrected chi connectivity index (χ3v) is 3.78. The van der Waals surface area contributed by atoms with Crippen LogP contribution in [0.3, 0.4) is 0 Å². The van der Waals surface area contributed by atoms with Gasteiger partial charge in [0.2, 0.25) is 5.28 Å². The van der Waals surface area contributed by atoms with Crippen LogP contribution in [0, 0.1) is 3.70 Å². The molecule has 0 spiro atoms. The molecule has 1 aliphatic rings. The van der Waals surface area contributed by atoms with Gasteiger partial charge in [-0.05, 0) is 53.5 Å². The standard InChI is InChI=1S/C10H10ClIN4O/c11-10-13-5-6-8(12)15-16(9(6)14-10)7-3-1-2-4-17-7/h5,7H,1-4H2. The van der Waals surface area contributed by atoms with Gasteiger partial charge in [-0.1, -0.05) is 0 Å². The maximum atomic E-state index is 5.83. The fourth-order valence-electron chi connectivity index (χ4n) is 1.99. The summed E-state index contributed by atoms with van der Waals surface area (Å²) in [5.41, 5.74) is 0.751. The first-order valence-electron chi connectivity index (χ1n) is 5.43. The molecule has 17 heavy (non-hydrogen) atoms. The summed E-state index contributed by atoms with van der Waals surface area (Å²) in [4.78, 5) is 8.22. The van der Waals surface area contributed by atoms with Crippen LogP contribution in [0.25, 0.3) is 11.0 Å². The summed E-state index contributed by atoms with van der Waals surface area (Å²) < 4.78 is 8.42. The van der Waals surface area contributed by atoms with Crippen LogP contribution in [-0.4, -0.2) is 26.4 Å². The first-order chi connectivity index (χ1) is 8.25. The minimum Gasteiger partial charge on any atom is -0.356 e. The summed E-state index contributed by atoms with van der Waals surface area (Å²) in [6.45, 7) is 0.779. The average molecular weight is 365 g/mol. The van der Waals surface area contributed by atoms with Crippen molar-refractivity contribution in [1.82, 2.24) is 19.7 Å². The van der Waals surface area contributed by atoms with Crippen LogP contribution in [0.1, 0.15) is 25.5 Å². The van der Waals surface area contributed by atoms with Gasteiger partial charge in [-0.2, -0.15) is 10.1 Å². The molecule has 0 amide bonds. The molecule has 0 radical (unpaired) electrons. The van der Waals surface area contributed by atoms with Crippen LogP contribution in [0.2, 0.25) is 5.28 Å². The molecule has 2 aromatic rings. The van der Waals surface area contributed by atoms with Gasteiger partial charge < -0.3 is 4.74 Å². The van der Waals surface area contributed by atoms with Crippen molar-refractivity contribution in [3.05, 3.63) is 15.2 Å². The number of fused-ring (bicyclic) bond motifs is 1. The van der Waals surface area contributed by atoms with E-state index in [0.29, 0.717) is 0 Å². The van der Waals surface area contributed by atoms with Crippen molar-refractivity contribution in [3.8, 4) is 0 Å². The van der Waals surface area contributed by atoms with Gasteiger partial charge in [-0.25, -0.2) is 9.67 Å². The number of halogens is 2. The van der Waals surface area contributed by atoms with Crippen LogP contribution in [-0.2, 0) is 4.74 Å². The summed E-state index contributed by atoms with van der Waals surface area (Å²) in [5.74, 6) is 0. The number of hydrogen-bond donors (Lipinski definition) is 0. The van der Waals surface area contributed by atoms with Crippen molar-refractivity contribution in [2.24, 2.45) is 0 Å². The topological polar surface area (TPSA) is 52.8 Å². The van der Waals surface area contributed by atoms with Gasteiger partial charge >= 0.3 is 0 Å². The van der Waals surface area contributed by atoms with Gasteiger partial charge in [0.25, 0.3) is 0 Å². The Labute approximate surface area is 117 Å². The van der Waals surface area contributed by atoms with Crippen molar-refractivity contribution in [1.29, 1.82) is 0 Å². The van der Waals surface area contributed by atoms with E-state index in [-0.39, 0.29) is 11.5 Å². The highest BCUT2D eigenvalue weighted by atomic mass is 127. The molecule has 0 aromatic carbocycles. The van der Waals surface area contributed by atoms with E-state index in [4.69, 9.17) is 16.3 Å². The number of nitrogens with zero attached hydrogens (tertiary/aromatic N) is 4. The van der Waals surface area contributed by atoms with Crippen LogP contribution >= 0.6 is 34.2 Å². The Morgan fingerprint density at radius 3 is 3.12 bits per heavy atom. The van der Waals surface area contributed by atoms with E-state index < -0.39 is 0 Å². The molecule has 1 unspecified atom stereocenters. The average Bonchev–Trinajstić information content (AvgIpc) is 2.67. The lowest BCUT2D eigenvalue weighted by Crippen LogP contribution is -2.19. The van der Waals surface area contributed by atoms with Crippen molar-refractivity contribution in [2.45, 2.75) is 25.5 Å². The van der Waals surface area contributed by atoms with E-state index in [9.17, 15) is 0 Å². The number of aromatic nitrogens is 4. The fourth-order valence-corrected chi connectivity index (χ4v) is 2.73. The first kappa shape index (κ1) is 11.6. The first-order valence-corrected chi connectivity index (χ1v) is 6.89. The minimum atomic E-state index is -0.0271. The zero-order valence-electron chi connectivity index (χ0n) is 8.94. The molecule has 1 fully saturated rings. The quantitative estimate of drug-likeness (QED) is 0.577. The molecule has 1 atom stereocenters. The molecule has 7 heteroatoms. The van der Waals surface area contributed by atoms with Gasteiger partial charge in [0.05, 0.1) is 5.39 Å². The third-order valence-electron chi connectivity index (χ3n) is 2.80. The van der Waals surface area contributed by atoms with E-state index in [0.717, 1.165) is 40.6 Å². The Morgan fingerprint density at radius 1 is 1.47 bits per heavy atom. The van der Waals surface area contributed by atoms with Gasteiger partial charge in [0, 0.05) is 12.8 Å². The Balaban J connectivity index is 2.11. The van der Waals surface area contributed by atoms with Crippen molar-refractivity contribution >= 4 is 45.2 Å². The van der Waals surface area contributed by atoms with Crippen LogP contribution in [0.4, 0.5) is 0 Å². The zero-order valence-corrected chi connectivity index (χ0v) is 11.8. The van der Waals surface area contributed by atoms with Crippen LogP contribution < -0.4 is 0 Å². The molecular formula is C10H10ClIN4O. The van der Waals surface area contributed by atoms with Gasteiger partial charge in [-0.15, -0.1) is 0 Å². The molecule has 5 nitrogen and oxygen atoms in total. The summed E-state index contributed by atoms with van der Waals surface area (Å²) in [5, 5.41) is 5.63. The molecule has 0 aliphatic carbocycles. The van der Waals surface area contributed by atoms with Crippen molar-refractivity contribution < 1.29 is 4.74 Å². The predicted molar refractivity (Wildman–Crippen MR) is 71.9 cm³/mol. The summed E-state index contributed by atoms with van der Waals surface area (Å²) in [6.07, 6.45) is 4.91.